The lowest BCUT2D eigenvalue weighted by Gasteiger charge is -2.26. The Labute approximate surface area is 206 Å². The van der Waals surface area contributed by atoms with Crippen LogP contribution in [0.15, 0.2) is 48.5 Å². The van der Waals surface area contributed by atoms with Gasteiger partial charge < -0.3 is 20.3 Å². The van der Waals surface area contributed by atoms with Crippen LogP contribution >= 0.6 is 0 Å². The highest BCUT2D eigenvalue weighted by Gasteiger charge is 2.35. The van der Waals surface area contributed by atoms with E-state index in [1.165, 1.54) is 0 Å². The van der Waals surface area contributed by atoms with Crippen molar-refractivity contribution < 1.29 is 19.1 Å². The van der Waals surface area contributed by atoms with Crippen molar-refractivity contribution in [1.29, 1.82) is 0 Å². The first-order chi connectivity index (χ1) is 17.0. The minimum absolute atomic E-state index is 0.0205. The fourth-order valence-electron chi connectivity index (χ4n) is 4.59. The van der Waals surface area contributed by atoms with Crippen LogP contribution in [0.25, 0.3) is 0 Å². The van der Waals surface area contributed by atoms with Gasteiger partial charge in [-0.3, -0.25) is 19.3 Å². The van der Waals surface area contributed by atoms with Crippen molar-refractivity contribution >= 4 is 29.1 Å². The molecule has 2 heterocycles. The number of benzene rings is 2. The summed E-state index contributed by atoms with van der Waals surface area (Å²) >= 11 is 0. The molecule has 2 aromatic rings. The second-order valence-electron chi connectivity index (χ2n) is 9.06. The van der Waals surface area contributed by atoms with Gasteiger partial charge in [0.1, 0.15) is 0 Å². The van der Waals surface area contributed by atoms with Crippen LogP contribution in [0.3, 0.4) is 0 Å². The molecule has 0 aliphatic carbocycles. The van der Waals surface area contributed by atoms with E-state index in [0.717, 1.165) is 36.3 Å². The Morgan fingerprint density at radius 2 is 1.89 bits per heavy atom. The third kappa shape index (κ3) is 6.68. The summed E-state index contributed by atoms with van der Waals surface area (Å²) in [6.07, 6.45) is 1.47. The van der Waals surface area contributed by atoms with E-state index >= 15 is 0 Å². The zero-order valence-corrected chi connectivity index (χ0v) is 20.3. The number of carbonyl (C=O) groups excluding carboxylic acids is 3. The summed E-state index contributed by atoms with van der Waals surface area (Å²) in [6.45, 7) is 6.65. The molecule has 0 radical (unpaired) electrons. The SMILES string of the molecule is CCc1ccccc1N1CC(C(=O)NCc2cccc(NC(=O)CCN3CCOCC3)c2)CC1=O. The quantitative estimate of drug-likeness (QED) is 0.578. The van der Waals surface area contributed by atoms with E-state index in [1.54, 1.807) is 4.90 Å². The third-order valence-electron chi connectivity index (χ3n) is 6.60. The first kappa shape index (κ1) is 24.9. The van der Waals surface area contributed by atoms with Crippen molar-refractivity contribution in [3.8, 4) is 0 Å². The standard InChI is InChI=1S/C27H34N4O4/c1-2-21-7-3-4-9-24(21)31-19-22(17-26(31)33)27(34)28-18-20-6-5-8-23(16-20)29-25(32)10-11-30-12-14-35-15-13-30/h3-9,16,22H,2,10-15,17-19H2,1H3,(H,28,34)(H,29,32). The summed E-state index contributed by atoms with van der Waals surface area (Å²) in [7, 11) is 0. The monoisotopic (exact) mass is 478 g/mol. The largest absolute Gasteiger partial charge is 0.379 e. The van der Waals surface area contributed by atoms with Gasteiger partial charge in [-0.25, -0.2) is 0 Å². The summed E-state index contributed by atoms with van der Waals surface area (Å²) in [5.74, 6) is -0.562. The first-order valence-electron chi connectivity index (χ1n) is 12.4. The normalized spacial score (nSPS) is 18.5. The maximum atomic E-state index is 12.8. The second kappa shape index (κ2) is 12.0. The number of hydrogen-bond acceptors (Lipinski definition) is 5. The van der Waals surface area contributed by atoms with Crippen LogP contribution < -0.4 is 15.5 Å². The van der Waals surface area contributed by atoms with Crippen molar-refractivity contribution in [2.24, 2.45) is 5.92 Å². The summed E-state index contributed by atoms with van der Waals surface area (Å²) < 4.78 is 5.34. The van der Waals surface area contributed by atoms with Crippen molar-refractivity contribution in [2.75, 3.05) is 49.6 Å². The Hall–Kier alpha value is -3.23. The molecule has 0 saturated carbocycles. The highest BCUT2D eigenvalue weighted by atomic mass is 16.5. The minimum Gasteiger partial charge on any atom is -0.379 e. The lowest BCUT2D eigenvalue weighted by Crippen LogP contribution is -2.38. The van der Waals surface area contributed by atoms with Crippen LogP contribution in [0.2, 0.25) is 0 Å². The number of hydrogen-bond donors (Lipinski definition) is 2. The fraction of sp³-hybridized carbons (Fsp3) is 0.444. The van der Waals surface area contributed by atoms with Gasteiger partial charge in [0.05, 0.1) is 19.1 Å². The van der Waals surface area contributed by atoms with E-state index in [2.05, 4.69) is 22.5 Å². The van der Waals surface area contributed by atoms with Crippen LogP contribution in [0.1, 0.15) is 30.9 Å². The van der Waals surface area contributed by atoms with E-state index in [1.807, 2.05) is 48.5 Å². The van der Waals surface area contributed by atoms with Crippen molar-refractivity contribution in [1.82, 2.24) is 10.2 Å². The van der Waals surface area contributed by atoms with Gasteiger partial charge in [-0.1, -0.05) is 37.3 Å². The molecule has 2 fully saturated rings. The first-order valence-corrected chi connectivity index (χ1v) is 12.4. The predicted molar refractivity (Wildman–Crippen MR) is 135 cm³/mol. The maximum Gasteiger partial charge on any atom is 0.227 e. The number of rotatable bonds is 9. The van der Waals surface area contributed by atoms with Gasteiger partial charge in [0.25, 0.3) is 0 Å². The van der Waals surface area contributed by atoms with E-state index in [9.17, 15) is 14.4 Å². The number of carbonyl (C=O) groups is 3. The fourth-order valence-corrected chi connectivity index (χ4v) is 4.59. The van der Waals surface area contributed by atoms with Crippen molar-refractivity contribution in [2.45, 2.75) is 32.7 Å². The molecule has 0 aromatic heterocycles. The van der Waals surface area contributed by atoms with E-state index < -0.39 is 0 Å². The highest BCUT2D eigenvalue weighted by Crippen LogP contribution is 2.28. The number of nitrogens with zero attached hydrogens (tertiary/aromatic N) is 2. The zero-order valence-electron chi connectivity index (χ0n) is 20.3. The van der Waals surface area contributed by atoms with Gasteiger partial charge in [-0.15, -0.1) is 0 Å². The molecule has 2 aliphatic rings. The molecule has 2 saturated heterocycles. The number of nitrogens with one attached hydrogen (secondary N) is 2. The maximum absolute atomic E-state index is 12.8. The van der Waals surface area contributed by atoms with E-state index in [4.69, 9.17) is 4.74 Å². The van der Waals surface area contributed by atoms with Gasteiger partial charge in [-0.05, 0) is 35.7 Å². The van der Waals surface area contributed by atoms with Gasteiger partial charge in [0.15, 0.2) is 0 Å². The number of morpholine rings is 1. The molecule has 2 aromatic carbocycles. The van der Waals surface area contributed by atoms with Crippen LogP contribution in [0.5, 0.6) is 0 Å². The molecule has 8 heteroatoms. The number of ether oxygens (including phenoxy) is 1. The summed E-state index contributed by atoms with van der Waals surface area (Å²) in [4.78, 5) is 41.8. The van der Waals surface area contributed by atoms with Crippen LogP contribution in [-0.2, 0) is 32.1 Å². The molecule has 1 unspecified atom stereocenters. The minimum atomic E-state index is -0.379. The molecule has 2 N–H and O–H groups in total. The Balaban J connectivity index is 1.26. The smallest absolute Gasteiger partial charge is 0.227 e. The molecular weight excluding hydrogens is 444 g/mol. The van der Waals surface area contributed by atoms with Gasteiger partial charge >= 0.3 is 0 Å². The highest BCUT2D eigenvalue weighted by molar-refractivity contribution is 6.00. The average molecular weight is 479 g/mol. The second-order valence-corrected chi connectivity index (χ2v) is 9.06. The third-order valence-corrected chi connectivity index (χ3v) is 6.60. The molecule has 8 nitrogen and oxygen atoms in total. The Morgan fingerprint density at radius 3 is 2.69 bits per heavy atom. The number of para-hydroxylation sites is 1. The van der Waals surface area contributed by atoms with E-state index in [-0.39, 0.29) is 30.1 Å². The summed E-state index contributed by atoms with van der Waals surface area (Å²) in [6, 6.07) is 15.3. The molecule has 4 rings (SSSR count). The zero-order chi connectivity index (χ0) is 24.6. The van der Waals surface area contributed by atoms with Gasteiger partial charge in [0.2, 0.25) is 17.7 Å². The van der Waals surface area contributed by atoms with Crippen LogP contribution in [-0.4, -0.2) is 62.0 Å². The Bertz CT molecular complexity index is 1050. The molecule has 3 amide bonds. The Morgan fingerprint density at radius 1 is 1.09 bits per heavy atom. The molecule has 0 bridgehead atoms. The Kier molecular flexibility index (Phi) is 8.50. The molecular formula is C27H34N4O4. The topological polar surface area (TPSA) is 91.0 Å². The molecule has 2 aliphatic heterocycles. The summed E-state index contributed by atoms with van der Waals surface area (Å²) in [5, 5.41) is 5.91. The average Bonchev–Trinajstić information content (AvgIpc) is 3.28. The molecule has 186 valence electrons. The van der Waals surface area contributed by atoms with Crippen molar-refractivity contribution in [3.05, 3.63) is 59.7 Å². The molecule has 0 spiro atoms. The van der Waals surface area contributed by atoms with Gasteiger partial charge in [0, 0.05) is 56.9 Å². The number of amides is 3. The van der Waals surface area contributed by atoms with E-state index in [0.29, 0.717) is 45.0 Å². The lowest BCUT2D eigenvalue weighted by atomic mass is 10.1. The number of anilines is 2. The van der Waals surface area contributed by atoms with Crippen LogP contribution in [0.4, 0.5) is 11.4 Å². The van der Waals surface area contributed by atoms with Crippen molar-refractivity contribution in [3.63, 3.8) is 0 Å². The van der Waals surface area contributed by atoms with Gasteiger partial charge in [-0.2, -0.15) is 0 Å². The molecule has 1 atom stereocenters. The lowest BCUT2D eigenvalue weighted by molar-refractivity contribution is -0.126. The predicted octanol–water partition coefficient (Wildman–Crippen LogP) is 2.58. The number of aryl methyl sites for hydroxylation is 1. The van der Waals surface area contributed by atoms with Crippen LogP contribution in [0, 0.1) is 5.92 Å². The summed E-state index contributed by atoms with van der Waals surface area (Å²) in [5.41, 5.74) is 3.60. The molecule has 35 heavy (non-hydrogen) atoms.